The van der Waals surface area contributed by atoms with E-state index in [2.05, 4.69) is 46.6 Å². The second-order valence-corrected chi connectivity index (χ2v) is 14.8. The number of nitrogens with one attached hydrogen (secondary N) is 5. The van der Waals surface area contributed by atoms with Crippen LogP contribution in [0.1, 0.15) is 50.2 Å². The number of esters is 1. The second kappa shape index (κ2) is 18.6. The molecule has 0 saturated carbocycles. The first-order valence-corrected chi connectivity index (χ1v) is 19.7. The monoisotopic (exact) mass is 895 g/mol. The van der Waals surface area contributed by atoms with Crippen molar-refractivity contribution in [3.8, 4) is 23.0 Å². The summed E-state index contributed by atoms with van der Waals surface area (Å²) in [4.78, 5) is 78.9. The van der Waals surface area contributed by atoms with Crippen molar-refractivity contribution in [1.82, 2.24) is 16.0 Å². The molecule has 22 heteroatoms. The summed E-state index contributed by atoms with van der Waals surface area (Å²) in [6.07, 6.45) is 1.16. The molecule has 8 rings (SSSR count). The molecule has 0 aliphatic carbocycles. The Hall–Kier alpha value is -7.20. The summed E-state index contributed by atoms with van der Waals surface area (Å²) in [6, 6.07) is 18.4. The SMILES string of the molecule is NC1=NC(=O)C2=NC(CNc3ccc(C(=O)N[C@@H](CCC(=O)NCCNC(=S)Nc4ccc5c(c4)C(=O)OC54c5ccc(O)cc5Oc5cc(O)ccc54)C(=O)O)cc3)C=NC2=N1.[Na+]. The van der Waals surface area contributed by atoms with E-state index in [-0.39, 0.29) is 119 Å². The minimum Gasteiger partial charge on any atom is -0.508 e. The van der Waals surface area contributed by atoms with E-state index in [1.807, 2.05) is 0 Å². The molecule has 4 aliphatic heterocycles. The molecule has 4 aromatic carbocycles. The summed E-state index contributed by atoms with van der Waals surface area (Å²) in [5.74, 6) is -3.31. The van der Waals surface area contributed by atoms with Crippen LogP contribution in [0.2, 0.25) is 0 Å². The van der Waals surface area contributed by atoms with Crippen molar-refractivity contribution in [3.05, 3.63) is 107 Å². The standard InChI is InChI=1S/C42H36N10O10S.Na/c43-40-51-35-34(37(57)52-40)48-23(19-47-35)18-46-21-3-1-20(2-4-21)36(56)50-30(38(58)59)11-12-33(55)44-13-14-45-41(63)49-22-5-8-27-26(15-22)39(60)62-42(27)28-9-6-24(53)16-31(28)61-32-17-25(54)7-10-29(32)42;/h1-10,15-17,19,23,30,46,53-54H,11-14,18H2,(H,44,55)(H,50,56)(H,58,59)(H2,43,52,57)(H2,45,49,63);/q;+1/t23?,30-;/m0./s1. The minimum atomic E-state index is -1.41. The number of carboxylic acid groups (broad SMARTS) is 1. The zero-order chi connectivity index (χ0) is 44.4. The molecule has 0 bridgehead atoms. The van der Waals surface area contributed by atoms with Crippen LogP contribution in [-0.2, 0) is 24.7 Å². The number of aliphatic carboxylic acids is 1. The number of phenols is 2. The summed E-state index contributed by atoms with van der Waals surface area (Å²) in [7, 11) is 0. The van der Waals surface area contributed by atoms with Crippen LogP contribution in [0.25, 0.3) is 0 Å². The van der Waals surface area contributed by atoms with Crippen molar-refractivity contribution in [1.29, 1.82) is 0 Å². The number of fused-ring (bicyclic) bond motifs is 7. The van der Waals surface area contributed by atoms with Crippen LogP contribution in [0.5, 0.6) is 23.0 Å². The number of anilines is 2. The number of amidine groups is 1. The van der Waals surface area contributed by atoms with E-state index in [0.717, 1.165) is 0 Å². The van der Waals surface area contributed by atoms with Gasteiger partial charge < -0.3 is 57.1 Å². The van der Waals surface area contributed by atoms with Gasteiger partial charge in [0.1, 0.15) is 35.1 Å². The van der Waals surface area contributed by atoms with Gasteiger partial charge in [0.25, 0.3) is 5.91 Å². The van der Waals surface area contributed by atoms with Crippen molar-refractivity contribution in [2.24, 2.45) is 25.7 Å². The Morgan fingerprint density at radius 3 is 2.20 bits per heavy atom. The van der Waals surface area contributed by atoms with Crippen LogP contribution in [0.3, 0.4) is 0 Å². The number of hydrogen-bond acceptors (Lipinski definition) is 15. The summed E-state index contributed by atoms with van der Waals surface area (Å²) < 4.78 is 12.1. The number of carboxylic acids is 1. The van der Waals surface area contributed by atoms with Crippen molar-refractivity contribution < 1.29 is 78.3 Å². The number of hydrogen-bond donors (Lipinski definition) is 9. The number of rotatable bonds is 13. The third kappa shape index (κ3) is 9.27. The number of amides is 3. The van der Waals surface area contributed by atoms with Crippen LogP contribution in [-0.4, -0.2) is 106 Å². The van der Waals surface area contributed by atoms with E-state index in [0.29, 0.717) is 28.1 Å². The Morgan fingerprint density at radius 1 is 0.859 bits per heavy atom. The number of nitrogens with zero attached hydrogens (tertiary/aromatic N) is 4. The quantitative estimate of drug-likeness (QED) is 0.0347. The Bertz CT molecular complexity index is 2690. The second-order valence-electron chi connectivity index (χ2n) is 14.4. The summed E-state index contributed by atoms with van der Waals surface area (Å²) >= 11 is 5.43. The number of benzene rings is 4. The maximum atomic E-state index is 13.4. The molecule has 4 aliphatic rings. The van der Waals surface area contributed by atoms with Crippen LogP contribution in [0.15, 0.2) is 98.8 Å². The fourth-order valence-corrected chi connectivity index (χ4v) is 7.48. The molecule has 4 aromatic rings. The maximum absolute atomic E-state index is 13.4. The van der Waals surface area contributed by atoms with Gasteiger partial charge >= 0.3 is 47.4 Å². The fourth-order valence-electron chi connectivity index (χ4n) is 7.26. The third-order valence-corrected chi connectivity index (χ3v) is 10.5. The summed E-state index contributed by atoms with van der Waals surface area (Å²) in [5, 5.41) is 44.5. The molecule has 1 spiro atoms. The van der Waals surface area contributed by atoms with Gasteiger partial charge in [-0.25, -0.2) is 14.6 Å². The molecule has 0 aromatic heterocycles. The average molecular weight is 896 g/mol. The van der Waals surface area contributed by atoms with E-state index in [1.165, 1.54) is 42.6 Å². The molecule has 0 radical (unpaired) electrons. The van der Waals surface area contributed by atoms with E-state index >= 15 is 0 Å². The van der Waals surface area contributed by atoms with Gasteiger partial charge in [0.15, 0.2) is 22.3 Å². The van der Waals surface area contributed by atoms with Crippen molar-refractivity contribution in [3.63, 3.8) is 0 Å². The smallest absolute Gasteiger partial charge is 0.508 e. The molecule has 320 valence electrons. The van der Waals surface area contributed by atoms with Crippen molar-refractivity contribution >= 4 is 82.1 Å². The molecule has 64 heavy (non-hydrogen) atoms. The fraction of sp³-hybridized carbons (Fsp3) is 0.190. The Labute approximate surface area is 390 Å². The molecular formula is C42H36N10NaO10S+. The first kappa shape index (κ1) is 44.8. The van der Waals surface area contributed by atoms with Gasteiger partial charge in [0.2, 0.25) is 11.9 Å². The number of carbonyl (C=O) groups is 5. The van der Waals surface area contributed by atoms with Gasteiger partial charge in [-0.1, -0.05) is 6.07 Å². The molecule has 4 heterocycles. The molecule has 0 fully saturated rings. The molecule has 2 atom stereocenters. The molecular weight excluding hydrogens is 860 g/mol. The first-order valence-electron chi connectivity index (χ1n) is 19.3. The number of thiocarbonyl (C=S) groups is 1. The number of guanidine groups is 1. The third-order valence-electron chi connectivity index (χ3n) is 10.2. The van der Waals surface area contributed by atoms with Gasteiger partial charge in [-0.2, -0.15) is 9.98 Å². The Balaban J connectivity index is 0.00000612. The maximum Gasteiger partial charge on any atom is 1.00 e. The number of nitrogens with two attached hydrogens (primary N) is 1. The average Bonchev–Trinajstić information content (AvgIpc) is 3.53. The zero-order valence-corrected chi connectivity index (χ0v) is 36.6. The van der Waals surface area contributed by atoms with Gasteiger partial charge in [-0.15, -0.1) is 0 Å². The molecule has 3 amide bonds. The number of aromatic hydroxyl groups is 2. The van der Waals surface area contributed by atoms with Gasteiger partial charge in [0, 0.05) is 78.0 Å². The first-order chi connectivity index (χ1) is 30.3. The van der Waals surface area contributed by atoms with Crippen LogP contribution < -0.4 is 66.6 Å². The van der Waals surface area contributed by atoms with E-state index in [9.17, 15) is 39.3 Å². The molecule has 10 N–H and O–H groups in total. The van der Waals surface area contributed by atoms with E-state index in [4.69, 9.17) is 27.4 Å². The van der Waals surface area contributed by atoms with Gasteiger partial charge in [-0.05, 0) is 79.3 Å². The number of ether oxygens (including phenoxy) is 2. The topological polar surface area (TPSA) is 300 Å². The van der Waals surface area contributed by atoms with Gasteiger partial charge in [0.05, 0.1) is 5.56 Å². The van der Waals surface area contributed by atoms with Crippen molar-refractivity contribution in [2.75, 3.05) is 30.3 Å². The molecule has 20 nitrogen and oxygen atoms in total. The normalized spacial score (nSPS) is 16.3. The van der Waals surface area contributed by atoms with E-state index in [1.54, 1.807) is 42.5 Å². The van der Waals surface area contributed by atoms with Crippen LogP contribution in [0, 0.1) is 0 Å². The largest absolute Gasteiger partial charge is 1.00 e. The van der Waals surface area contributed by atoms with Crippen LogP contribution >= 0.6 is 12.2 Å². The van der Waals surface area contributed by atoms with Crippen molar-refractivity contribution in [2.45, 2.75) is 30.5 Å². The predicted molar refractivity (Wildman–Crippen MR) is 232 cm³/mol. The van der Waals surface area contributed by atoms with Gasteiger partial charge in [-0.3, -0.25) is 19.4 Å². The Kier molecular flexibility index (Phi) is 13.1. The zero-order valence-electron chi connectivity index (χ0n) is 33.7. The summed E-state index contributed by atoms with van der Waals surface area (Å²) in [5.41, 5.74) is 7.15. The number of aliphatic imine (C=N–C) groups is 4. The molecule has 0 saturated heterocycles. The number of carbonyl (C=O) groups excluding carboxylic acids is 4. The number of phenolic OH excluding ortho intramolecular Hbond substituents is 2. The minimum absolute atomic E-state index is 0. The predicted octanol–water partition coefficient (Wildman–Crippen LogP) is -0.705. The molecule has 1 unspecified atom stereocenters. The van der Waals surface area contributed by atoms with Crippen LogP contribution in [0.4, 0.5) is 11.4 Å². The Morgan fingerprint density at radius 2 is 1.52 bits per heavy atom. The summed E-state index contributed by atoms with van der Waals surface area (Å²) in [6.45, 7) is 0.602. The van der Waals surface area contributed by atoms with E-state index < -0.39 is 47.3 Å².